The van der Waals surface area contributed by atoms with E-state index in [2.05, 4.69) is 6.92 Å². The van der Waals surface area contributed by atoms with E-state index >= 15 is 0 Å². The zero-order valence-corrected chi connectivity index (χ0v) is 9.45. The molecule has 0 rings (SSSR count). The highest BCUT2D eigenvalue weighted by molar-refractivity contribution is 5.70. The monoisotopic (exact) mass is 202 g/mol. The summed E-state index contributed by atoms with van der Waals surface area (Å²) in [5.74, 6) is -0.302. The molecule has 0 radical (unpaired) electrons. The van der Waals surface area contributed by atoms with Gasteiger partial charge in [0.05, 0.1) is 18.6 Å². The number of hydrogen-bond acceptors (Lipinski definition) is 3. The Kier molecular flexibility index (Phi) is 7.48. The van der Waals surface area contributed by atoms with Crippen LogP contribution in [-0.4, -0.2) is 23.3 Å². The molecule has 0 fully saturated rings. The summed E-state index contributed by atoms with van der Waals surface area (Å²) in [5.41, 5.74) is 0. The standard InChI is InChI=1S/C11H22O3/c1-4-5-6-7-10(3)14-11(13)8-9(2)12/h9-10,12H,4-8H2,1-3H3. The minimum Gasteiger partial charge on any atom is -0.463 e. The molecule has 0 saturated carbocycles. The average Bonchev–Trinajstić information content (AvgIpc) is 2.02. The van der Waals surface area contributed by atoms with Gasteiger partial charge in [-0.05, 0) is 26.7 Å². The molecule has 1 N–H and O–H groups in total. The Morgan fingerprint density at radius 3 is 2.50 bits per heavy atom. The largest absolute Gasteiger partial charge is 0.463 e. The lowest BCUT2D eigenvalue weighted by atomic mass is 10.1. The second kappa shape index (κ2) is 7.80. The number of carbonyl (C=O) groups is 1. The third-order valence-electron chi connectivity index (χ3n) is 2.01. The van der Waals surface area contributed by atoms with Crippen molar-refractivity contribution < 1.29 is 14.6 Å². The van der Waals surface area contributed by atoms with Crippen LogP contribution in [0.3, 0.4) is 0 Å². The van der Waals surface area contributed by atoms with Crippen LogP contribution in [0, 0.1) is 0 Å². The summed E-state index contributed by atoms with van der Waals surface area (Å²) < 4.78 is 5.11. The van der Waals surface area contributed by atoms with Gasteiger partial charge in [-0.1, -0.05) is 19.8 Å². The maximum absolute atomic E-state index is 11.1. The summed E-state index contributed by atoms with van der Waals surface area (Å²) in [5, 5.41) is 8.95. The molecule has 14 heavy (non-hydrogen) atoms. The Hall–Kier alpha value is -0.570. The van der Waals surface area contributed by atoms with E-state index in [1.807, 2.05) is 6.92 Å². The SMILES string of the molecule is CCCCCC(C)OC(=O)CC(C)O. The zero-order chi connectivity index (χ0) is 11.0. The molecule has 0 aromatic heterocycles. The van der Waals surface area contributed by atoms with Crippen molar-refractivity contribution >= 4 is 5.97 Å². The van der Waals surface area contributed by atoms with E-state index in [9.17, 15) is 4.79 Å². The van der Waals surface area contributed by atoms with Crippen LogP contribution in [0.2, 0.25) is 0 Å². The van der Waals surface area contributed by atoms with Crippen molar-refractivity contribution in [1.29, 1.82) is 0 Å². The number of hydrogen-bond donors (Lipinski definition) is 1. The van der Waals surface area contributed by atoms with Gasteiger partial charge < -0.3 is 9.84 Å². The first-order chi connectivity index (χ1) is 6.56. The molecule has 0 saturated heterocycles. The van der Waals surface area contributed by atoms with Gasteiger partial charge in [0, 0.05) is 0 Å². The van der Waals surface area contributed by atoms with Gasteiger partial charge in [0.1, 0.15) is 0 Å². The summed E-state index contributed by atoms with van der Waals surface area (Å²) in [7, 11) is 0. The van der Waals surface area contributed by atoms with Crippen molar-refractivity contribution in [2.45, 2.75) is 65.1 Å². The number of aliphatic hydroxyl groups excluding tert-OH is 1. The molecule has 3 heteroatoms. The van der Waals surface area contributed by atoms with Gasteiger partial charge in [0.15, 0.2) is 0 Å². The van der Waals surface area contributed by atoms with Crippen LogP contribution in [0.15, 0.2) is 0 Å². The molecular formula is C11H22O3. The van der Waals surface area contributed by atoms with E-state index < -0.39 is 6.10 Å². The van der Waals surface area contributed by atoms with Crippen molar-refractivity contribution in [3.05, 3.63) is 0 Å². The highest BCUT2D eigenvalue weighted by Crippen LogP contribution is 2.07. The number of unbranched alkanes of at least 4 members (excludes halogenated alkanes) is 2. The highest BCUT2D eigenvalue weighted by Gasteiger charge is 2.11. The molecular weight excluding hydrogens is 180 g/mol. The van der Waals surface area contributed by atoms with Crippen LogP contribution in [-0.2, 0) is 9.53 Å². The molecule has 3 nitrogen and oxygen atoms in total. The van der Waals surface area contributed by atoms with Gasteiger partial charge in [-0.3, -0.25) is 4.79 Å². The van der Waals surface area contributed by atoms with Crippen LogP contribution >= 0.6 is 0 Å². The second-order valence-corrected chi connectivity index (χ2v) is 3.85. The molecule has 0 aromatic carbocycles. The van der Waals surface area contributed by atoms with Gasteiger partial charge >= 0.3 is 5.97 Å². The topological polar surface area (TPSA) is 46.5 Å². The normalized spacial score (nSPS) is 14.9. The maximum atomic E-state index is 11.1. The molecule has 0 aliphatic carbocycles. The lowest BCUT2D eigenvalue weighted by Gasteiger charge is -2.13. The van der Waals surface area contributed by atoms with Gasteiger partial charge in [-0.15, -0.1) is 0 Å². The fourth-order valence-corrected chi connectivity index (χ4v) is 1.25. The van der Waals surface area contributed by atoms with Crippen LogP contribution in [0.4, 0.5) is 0 Å². The molecule has 2 atom stereocenters. The fourth-order valence-electron chi connectivity index (χ4n) is 1.25. The fraction of sp³-hybridized carbons (Fsp3) is 0.909. The summed E-state index contributed by atoms with van der Waals surface area (Å²) in [6.45, 7) is 5.63. The number of rotatable bonds is 7. The van der Waals surface area contributed by atoms with E-state index in [1.165, 1.54) is 12.8 Å². The first kappa shape index (κ1) is 13.4. The van der Waals surface area contributed by atoms with E-state index in [1.54, 1.807) is 6.92 Å². The minimum atomic E-state index is -0.606. The van der Waals surface area contributed by atoms with E-state index in [4.69, 9.17) is 9.84 Å². The Balaban J connectivity index is 3.50. The first-order valence-corrected chi connectivity index (χ1v) is 5.43. The Morgan fingerprint density at radius 1 is 1.36 bits per heavy atom. The predicted molar refractivity (Wildman–Crippen MR) is 56.0 cm³/mol. The Morgan fingerprint density at radius 2 is 2.00 bits per heavy atom. The number of carbonyl (C=O) groups excluding carboxylic acids is 1. The number of esters is 1. The maximum Gasteiger partial charge on any atom is 0.308 e. The van der Waals surface area contributed by atoms with Crippen LogP contribution in [0.1, 0.15) is 52.9 Å². The third kappa shape index (κ3) is 8.05. The highest BCUT2D eigenvalue weighted by atomic mass is 16.5. The smallest absolute Gasteiger partial charge is 0.308 e. The molecule has 0 spiro atoms. The van der Waals surface area contributed by atoms with Gasteiger partial charge in [-0.2, -0.15) is 0 Å². The summed E-state index contributed by atoms with van der Waals surface area (Å²) in [6, 6.07) is 0. The molecule has 0 aliphatic heterocycles. The summed E-state index contributed by atoms with van der Waals surface area (Å²) >= 11 is 0. The van der Waals surface area contributed by atoms with E-state index in [-0.39, 0.29) is 18.5 Å². The predicted octanol–water partition coefficient (Wildman–Crippen LogP) is 2.27. The minimum absolute atomic E-state index is 0.0206. The Labute approximate surface area is 86.5 Å². The van der Waals surface area contributed by atoms with E-state index in [0.29, 0.717) is 0 Å². The van der Waals surface area contributed by atoms with Crippen molar-refractivity contribution in [1.82, 2.24) is 0 Å². The lowest BCUT2D eigenvalue weighted by Crippen LogP contribution is -2.18. The number of ether oxygens (including phenoxy) is 1. The van der Waals surface area contributed by atoms with Crippen molar-refractivity contribution in [3.63, 3.8) is 0 Å². The van der Waals surface area contributed by atoms with Crippen molar-refractivity contribution in [2.75, 3.05) is 0 Å². The number of aliphatic hydroxyl groups is 1. The molecule has 0 aliphatic rings. The Bertz CT molecular complexity index is 155. The van der Waals surface area contributed by atoms with E-state index in [0.717, 1.165) is 12.8 Å². The van der Waals surface area contributed by atoms with Crippen molar-refractivity contribution in [3.8, 4) is 0 Å². The summed E-state index contributed by atoms with van der Waals surface area (Å²) in [6.07, 6.45) is 3.84. The zero-order valence-electron chi connectivity index (χ0n) is 9.45. The molecule has 0 bridgehead atoms. The van der Waals surface area contributed by atoms with Gasteiger partial charge in [0.25, 0.3) is 0 Å². The van der Waals surface area contributed by atoms with Gasteiger partial charge in [0.2, 0.25) is 0 Å². The first-order valence-electron chi connectivity index (χ1n) is 5.43. The van der Waals surface area contributed by atoms with Crippen LogP contribution < -0.4 is 0 Å². The third-order valence-corrected chi connectivity index (χ3v) is 2.01. The van der Waals surface area contributed by atoms with Crippen LogP contribution in [0.25, 0.3) is 0 Å². The second-order valence-electron chi connectivity index (χ2n) is 3.85. The molecule has 2 unspecified atom stereocenters. The molecule has 0 amide bonds. The van der Waals surface area contributed by atoms with Crippen LogP contribution in [0.5, 0.6) is 0 Å². The molecule has 0 heterocycles. The average molecular weight is 202 g/mol. The van der Waals surface area contributed by atoms with Crippen molar-refractivity contribution in [2.24, 2.45) is 0 Å². The van der Waals surface area contributed by atoms with Gasteiger partial charge in [-0.25, -0.2) is 0 Å². The lowest BCUT2D eigenvalue weighted by molar-refractivity contribution is -0.150. The molecule has 84 valence electrons. The molecule has 0 aromatic rings. The quantitative estimate of drug-likeness (QED) is 0.509. The summed E-state index contributed by atoms with van der Waals surface area (Å²) in [4.78, 5) is 11.1.